The van der Waals surface area contributed by atoms with Gasteiger partial charge in [0.05, 0.1) is 18.8 Å². The van der Waals surface area contributed by atoms with Crippen molar-refractivity contribution in [2.45, 2.75) is 0 Å². The summed E-state index contributed by atoms with van der Waals surface area (Å²) in [6.07, 6.45) is 5.79. The van der Waals surface area contributed by atoms with Crippen molar-refractivity contribution in [3.05, 3.63) is 47.7 Å². The molecule has 2 aromatic rings. The minimum atomic E-state index is 0.623. The summed E-state index contributed by atoms with van der Waals surface area (Å²) in [5.74, 6) is 2.23. The molecule has 2 aliphatic rings. The summed E-state index contributed by atoms with van der Waals surface area (Å²) < 4.78 is 17.4. The zero-order chi connectivity index (χ0) is 16.2. The molecule has 0 amide bonds. The minimum absolute atomic E-state index is 0.623. The van der Waals surface area contributed by atoms with Crippen LogP contribution < -0.4 is 9.47 Å². The van der Waals surface area contributed by atoms with Crippen molar-refractivity contribution >= 4 is 12.2 Å². The van der Waals surface area contributed by atoms with Gasteiger partial charge in [0.15, 0.2) is 0 Å². The van der Waals surface area contributed by atoms with Gasteiger partial charge in [-0.1, -0.05) is 6.07 Å². The van der Waals surface area contributed by atoms with Crippen LogP contribution in [0.4, 0.5) is 0 Å². The highest BCUT2D eigenvalue weighted by molar-refractivity contribution is 5.79. The minimum Gasteiger partial charge on any atom is -0.491 e. The van der Waals surface area contributed by atoms with Crippen molar-refractivity contribution in [3.63, 3.8) is 0 Å². The summed E-state index contributed by atoms with van der Waals surface area (Å²) >= 11 is 0. The normalized spacial score (nSPS) is 16.7. The zero-order valence-corrected chi connectivity index (χ0v) is 13.5. The van der Waals surface area contributed by atoms with E-state index in [-0.39, 0.29) is 0 Å². The lowest BCUT2D eigenvalue weighted by atomic mass is 10.1. The predicted molar refractivity (Wildman–Crippen MR) is 92.4 cm³/mol. The maximum absolute atomic E-state index is 6.03. The molecule has 0 unspecified atom stereocenters. The number of fused-ring (bicyclic) bond motifs is 2. The van der Waals surface area contributed by atoms with Gasteiger partial charge in [-0.3, -0.25) is 4.90 Å². The van der Waals surface area contributed by atoms with E-state index in [1.54, 1.807) is 6.20 Å². The standard InChI is InChI=1S/C19H20N2O3/c1-4-17(23-14-11-21-9-12-22-13-10-21)16-7-6-15-3-2-8-20-19(15)24-18(16)5-1/h1-8H,9-14H2. The van der Waals surface area contributed by atoms with Crippen LogP contribution in [0.1, 0.15) is 11.1 Å². The van der Waals surface area contributed by atoms with Gasteiger partial charge in [0.25, 0.3) is 0 Å². The molecule has 0 bridgehead atoms. The van der Waals surface area contributed by atoms with Crippen LogP contribution in [-0.2, 0) is 4.74 Å². The number of hydrogen-bond acceptors (Lipinski definition) is 5. The van der Waals surface area contributed by atoms with Crippen LogP contribution in [0.2, 0.25) is 0 Å². The Labute approximate surface area is 141 Å². The maximum Gasteiger partial charge on any atom is 0.226 e. The molecular weight excluding hydrogens is 304 g/mol. The van der Waals surface area contributed by atoms with Crippen LogP contribution in [0.5, 0.6) is 17.4 Å². The van der Waals surface area contributed by atoms with Gasteiger partial charge in [0, 0.05) is 31.4 Å². The molecule has 1 fully saturated rings. The molecule has 1 aromatic heterocycles. The SMILES string of the molecule is C1=Cc2c(OCCN3CCOCC3)cccc2Oc2ncccc21. The Morgan fingerprint density at radius 1 is 1.08 bits per heavy atom. The third-order valence-electron chi connectivity index (χ3n) is 4.23. The van der Waals surface area contributed by atoms with Crippen LogP contribution in [0.25, 0.3) is 12.2 Å². The molecule has 2 aliphatic heterocycles. The molecule has 0 spiro atoms. The second-order valence-corrected chi connectivity index (χ2v) is 5.80. The molecule has 0 N–H and O–H groups in total. The first-order chi connectivity index (χ1) is 11.9. The fraction of sp³-hybridized carbons (Fsp3) is 0.316. The average Bonchev–Trinajstić information content (AvgIpc) is 2.82. The third kappa shape index (κ3) is 3.27. The molecule has 5 heteroatoms. The van der Waals surface area contributed by atoms with E-state index in [4.69, 9.17) is 14.2 Å². The van der Waals surface area contributed by atoms with E-state index in [0.29, 0.717) is 12.5 Å². The van der Waals surface area contributed by atoms with Crippen molar-refractivity contribution in [2.75, 3.05) is 39.5 Å². The second kappa shape index (κ2) is 7.03. The van der Waals surface area contributed by atoms with E-state index in [1.165, 1.54) is 0 Å². The van der Waals surface area contributed by atoms with Crippen LogP contribution in [0.3, 0.4) is 0 Å². The van der Waals surface area contributed by atoms with Crippen molar-refractivity contribution in [1.82, 2.24) is 9.88 Å². The Bertz CT molecular complexity index is 739. The number of rotatable bonds is 4. The van der Waals surface area contributed by atoms with E-state index in [2.05, 4.69) is 9.88 Å². The van der Waals surface area contributed by atoms with Crippen LogP contribution >= 0.6 is 0 Å². The molecule has 0 aliphatic carbocycles. The smallest absolute Gasteiger partial charge is 0.226 e. The van der Waals surface area contributed by atoms with Gasteiger partial charge >= 0.3 is 0 Å². The number of morpholine rings is 1. The molecule has 24 heavy (non-hydrogen) atoms. The van der Waals surface area contributed by atoms with Gasteiger partial charge in [0.1, 0.15) is 18.1 Å². The Balaban J connectivity index is 1.48. The topological polar surface area (TPSA) is 43.8 Å². The van der Waals surface area contributed by atoms with Crippen molar-refractivity contribution < 1.29 is 14.2 Å². The number of benzene rings is 1. The van der Waals surface area contributed by atoms with E-state index < -0.39 is 0 Å². The predicted octanol–water partition coefficient (Wildman–Crippen LogP) is 3.07. The summed E-state index contributed by atoms with van der Waals surface area (Å²) in [4.78, 5) is 6.66. The number of aromatic nitrogens is 1. The number of nitrogens with zero attached hydrogens (tertiary/aromatic N) is 2. The second-order valence-electron chi connectivity index (χ2n) is 5.80. The molecule has 1 aromatic carbocycles. The Hall–Kier alpha value is -2.37. The fourth-order valence-corrected chi connectivity index (χ4v) is 2.91. The van der Waals surface area contributed by atoms with Gasteiger partial charge in [-0.2, -0.15) is 0 Å². The zero-order valence-electron chi connectivity index (χ0n) is 13.5. The molecule has 0 atom stereocenters. The molecule has 5 nitrogen and oxygen atoms in total. The van der Waals surface area contributed by atoms with Crippen LogP contribution in [-0.4, -0.2) is 49.3 Å². The van der Waals surface area contributed by atoms with Gasteiger partial charge < -0.3 is 14.2 Å². The fourth-order valence-electron chi connectivity index (χ4n) is 2.91. The number of hydrogen-bond donors (Lipinski definition) is 0. The third-order valence-corrected chi connectivity index (χ3v) is 4.23. The van der Waals surface area contributed by atoms with Crippen molar-refractivity contribution in [1.29, 1.82) is 0 Å². The van der Waals surface area contributed by atoms with Gasteiger partial charge in [0.2, 0.25) is 5.88 Å². The van der Waals surface area contributed by atoms with Gasteiger partial charge in [-0.05, 0) is 36.4 Å². The number of pyridine rings is 1. The van der Waals surface area contributed by atoms with E-state index >= 15 is 0 Å². The van der Waals surface area contributed by atoms with Crippen molar-refractivity contribution in [2.24, 2.45) is 0 Å². The molecule has 4 rings (SSSR count). The molecular formula is C19H20N2O3. The summed E-state index contributed by atoms with van der Waals surface area (Å²) in [5, 5.41) is 0. The monoisotopic (exact) mass is 324 g/mol. The molecule has 0 saturated carbocycles. The van der Waals surface area contributed by atoms with Gasteiger partial charge in [-0.25, -0.2) is 4.98 Å². The lowest BCUT2D eigenvalue weighted by Gasteiger charge is -2.26. The summed E-state index contributed by atoms with van der Waals surface area (Å²) in [5.41, 5.74) is 1.92. The molecule has 3 heterocycles. The van der Waals surface area contributed by atoms with Crippen molar-refractivity contribution in [3.8, 4) is 17.4 Å². The Morgan fingerprint density at radius 3 is 2.92 bits per heavy atom. The maximum atomic E-state index is 6.03. The first-order valence-corrected chi connectivity index (χ1v) is 8.27. The van der Waals surface area contributed by atoms with Crippen LogP contribution in [0.15, 0.2) is 36.5 Å². The Morgan fingerprint density at radius 2 is 2.00 bits per heavy atom. The lowest BCUT2D eigenvalue weighted by Crippen LogP contribution is -2.38. The largest absolute Gasteiger partial charge is 0.491 e. The molecule has 124 valence electrons. The quantitative estimate of drug-likeness (QED) is 0.738. The Kier molecular flexibility index (Phi) is 4.44. The van der Waals surface area contributed by atoms with Crippen LogP contribution in [0, 0.1) is 0 Å². The summed E-state index contributed by atoms with van der Waals surface area (Å²) in [7, 11) is 0. The highest BCUT2D eigenvalue weighted by atomic mass is 16.5. The highest BCUT2D eigenvalue weighted by Crippen LogP contribution is 2.37. The average molecular weight is 324 g/mol. The highest BCUT2D eigenvalue weighted by Gasteiger charge is 2.15. The first kappa shape index (κ1) is 15.2. The molecule has 0 radical (unpaired) electrons. The summed E-state index contributed by atoms with van der Waals surface area (Å²) in [6, 6.07) is 9.77. The van der Waals surface area contributed by atoms with E-state index in [9.17, 15) is 0 Å². The van der Waals surface area contributed by atoms with E-state index in [0.717, 1.165) is 55.5 Å². The lowest BCUT2D eigenvalue weighted by molar-refractivity contribution is 0.0322. The summed E-state index contributed by atoms with van der Waals surface area (Å²) in [6.45, 7) is 5.11. The molecule has 1 saturated heterocycles. The van der Waals surface area contributed by atoms with E-state index in [1.807, 2.05) is 42.5 Å². The first-order valence-electron chi connectivity index (χ1n) is 8.27. The number of ether oxygens (including phenoxy) is 3. The van der Waals surface area contributed by atoms with Gasteiger partial charge in [-0.15, -0.1) is 0 Å².